The Kier molecular flexibility index (Phi) is 6.57. The van der Waals surface area contributed by atoms with E-state index in [1.807, 2.05) is 0 Å². The van der Waals surface area contributed by atoms with E-state index >= 15 is 0 Å². The molecule has 0 radical (unpaired) electrons. The van der Waals surface area contributed by atoms with Crippen molar-refractivity contribution in [3.8, 4) is 6.07 Å². The number of nitriles is 1. The van der Waals surface area contributed by atoms with Gasteiger partial charge < -0.3 is 9.80 Å². The first-order valence-electron chi connectivity index (χ1n) is 7.69. The van der Waals surface area contributed by atoms with Gasteiger partial charge in [0, 0.05) is 19.1 Å². The molecule has 0 aliphatic carbocycles. The van der Waals surface area contributed by atoms with E-state index in [-0.39, 0.29) is 6.04 Å². The summed E-state index contributed by atoms with van der Waals surface area (Å²) in [7, 11) is 4.11. The fraction of sp³-hybridized carbons (Fsp3) is 0.688. The van der Waals surface area contributed by atoms with Crippen molar-refractivity contribution >= 4 is 5.82 Å². The van der Waals surface area contributed by atoms with Crippen molar-refractivity contribution in [3.05, 3.63) is 16.8 Å². The Morgan fingerprint density at radius 2 is 1.81 bits per heavy atom. The van der Waals surface area contributed by atoms with Gasteiger partial charge in [-0.3, -0.25) is 0 Å². The monoisotopic (exact) mass is 289 g/mol. The summed E-state index contributed by atoms with van der Waals surface area (Å²) in [4.78, 5) is 4.32. The van der Waals surface area contributed by atoms with Gasteiger partial charge in [-0.05, 0) is 46.3 Å². The number of anilines is 1. The van der Waals surface area contributed by atoms with Crippen LogP contribution < -0.4 is 4.90 Å². The fourth-order valence-electron chi connectivity index (χ4n) is 2.78. The first-order chi connectivity index (χ1) is 9.99. The minimum atomic E-state index is 0.281. The van der Waals surface area contributed by atoms with Crippen LogP contribution in [0.15, 0.2) is 0 Å². The highest BCUT2D eigenvalue weighted by atomic mass is 15.3. The van der Waals surface area contributed by atoms with Gasteiger partial charge in [0.2, 0.25) is 0 Å². The molecule has 0 bridgehead atoms. The van der Waals surface area contributed by atoms with Gasteiger partial charge in [0.25, 0.3) is 0 Å². The van der Waals surface area contributed by atoms with Crippen molar-refractivity contribution < 1.29 is 0 Å². The molecule has 5 heteroatoms. The lowest BCUT2D eigenvalue weighted by molar-refractivity contribution is 0.371. The SMILES string of the molecule is CCc1nnc(N(CC)C(C)CN(C)C)c(C#N)c1CC. The lowest BCUT2D eigenvalue weighted by Crippen LogP contribution is -2.41. The van der Waals surface area contributed by atoms with E-state index < -0.39 is 0 Å². The predicted molar refractivity (Wildman–Crippen MR) is 86.5 cm³/mol. The molecule has 0 saturated carbocycles. The molecule has 1 aromatic rings. The number of hydrogen-bond acceptors (Lipinski definition) is 5. The summed E-state index contributed by atoms with van der Waals surface area (Å²) >= 11 is 0. The Morgan fingerprint density at radius 3 is 2.24 bits per heavy atom. The molecular weight excluding hydrogens is 262 g/mol. The average molecular weight is 289 g/mol. The third kappa shape index (κ3) is 3.92. The van der Waals surface area contributed by atoms with Crippen molar-refractivity contribution in [1.29, 1.82) is 5.26 Å². The molecule has 0 N–H and O–H groups in total. The van der Waals surface area contributed by atoms with Gasteiger partial charge in [-0.2, -0.15) is 10.4 Å². The van der Waals surface area contributed by atoms with E-state index in [0.29, 0.717) is 5.56 Å². The Hall–Kier alpha value is -1.67. The van der Waals surface area contributed by atoms with E-state index in [9.17, 15) is 5.26 Å². The largest absolute Gasteiger partial charge is 0.350 e. The number of hydrogen-bond donors (Lipinski definition) is 0. The predicted octanol–water partition coefficient (Wildman–Crippen LogP) is 2.25. The van der Waals surface area contributed by atoms with Gasteiger partial charge in [0.15, 0.2) is 5.82 Å². The van der Waals surface area contributed by atoms with Gasteiger partial charge in [0.05, 0.1) is 5.69 Å². The zero-order valence-electron chi connectivity index (χ0n) is 14.1. The molecule has 116 valence electrons. The summed E-state index contributed by atoms with van der Waals surface area (Å²) in [5.41, 5.74) is 2.67. The van der Waals surface area contributed by atoms with E-state index in [1.54, 1.807) is 0 Å². The van der Waals surface area contributed by atoms with Crippen LogP contribution in [0.4, 0.5) is 5.82 Å². The number of nitrogens with zero attached hydrogens (tertiary/aromatic N) is 5. The molecule has 0 spiro atoms. The van der Waals surface area contributed by atoms with Crippen LogP contribution in [0.1, 0.15) is 44.5 Å². The molecule has 1 atom stereocenters. The molecule has 0 aromatic carbocycles. The summed E-state index contributed by atoms with van der Waals surface area (Å²) in [6.45, 7) is 10.1. The first kappa shape index (κ1) is 17.4. The number of aromatic nitrogens is 2. The van der Waals surface area contributed by atoms with E-state index in [0.717, 1.165) is 43.0 Å². The molecule has 1 unspecified atom stereocenters. The zero-order valence-corrected chi connectivity index (χ0v) is 14.1. The van der Waals surface area contributed by atoms with Crippen LogP contribution in [0.25, 0.3) is 0 Å². The second kappa shape index (κ2) is 7.94. The third-order valence-electron chi connectivity index (χ3n) is 3.71. The number of aryl methyl sites for hydroxylation is 1. The van der Waals surface area contributed by atoms with Crippen LogP contribution >= 0.6 is 0 Å². The van der Waals surface area contributed by atoms with Crippen LogP contribution in [-0.2, 0) is 12.8 Å². The van der Waals surface area contributed by atoms with Gasteiger partial charge >= 0.3 is 0 Å². The van der Waals surface area contributed by atoms with E-state index in [4.69, 9.17) is 0 Å². The topological polar surface area (TPSA) is 56.1 Å². The van der Waals surface area contributed by atoms with Crippen molar-refractivity contribution in [1.82, 2.24) is 15.1 Å². The molecule has 1 heterocycles. The Balaban J connectivity index is 3.30. The van der Waals surface area contributed by atoms with Crippen LogP contribution in [0.3, 0.4) is 0 Å². The van der Waals surface area contributed by atoms with Crippen LogP contribution in [0.5, 0.6) is 0 Å². The fourth-order valence-corrected chi connectivity index (χ4v) is 2.78. The second-order valence-electron chi connectivity index (χ2n) is 5.54. The minimum absolute atomic E-state index is 0.281. The summed E-state index contributed by atoms with van der Waals surface area (Å²) in [6, 6.07) is 2.64. The molecule has 0 fully saturated rings. The van der Waals surface area contributed by atoms with Crippen LogP contribution in [0.2, 0.25) is 0 Å². The Labute approximate surface area is 128 Å². The number of rotatable bonds is 7. The maximum atomic E-state index is 9.60. The Bertz CT molecular complexity index is 504. The van der Waals surface area contributed by atoms with Crippen LogP contribution in [0, 0.1) is 11.3 Å². The van der Waals surface area contributed by atoms with Gasteiger partial charge in [0.1, 0.15) is 11.6 Å². The second-order valence-corrected chi connectivity index (χ2v) is 5.54. The average Bonchev–Trinajstić information content (AvgIpc) is 2.46. The van der Waals surface area contributed by atoms with Gasteiger partial charge in [-0.25, -0.2) is 0 Å². The molecule has 5 nitrogen and oxygen atoms in total. The highest BCUT2D eigenvalue weighted by Crippen LogP contribution is 2.24. The number of likely N-dealkylation sites (N-methyl/N-ethyl adjacent to an activating group) is 2. The lowest BCUT2D eigenvalue weighted by Gasteiger charge is -2.31. The molecule has 0 amide bonds. The van der Waals surface area contributed by atoms with E-state index in [2.05, 4.69) is 67.9 Å². The summed E-state index contributed by atoms with van der Waals surface area (Å²) in [5, 5.41) is 18.3. The van der Waals surface area contributed by atoms with Gasteiger partial charge in [-0.15, -0.1) is 5.10 Å². The molecule has 0 aliphatic heterocycles. The molecular formula is C16H27N5. The van der Waals surface area contributed by atoms with E-state index in [1.165, 1.54) is 0 Å². The minimum Gasteiger partial charge on any atom is -0.350 e. The maximum Gasteiger partial charge on any atom is 0.169 e. The lowest BCUT2D eigenvalue weighted by atomic mass is 10.0. The van der Waals surface area contributed by atoms with Crippen LogP contribution in [-0.4, -0.2) is 48.3 Å². The Morgan fingerprint density at radius 1 is 1.14 bits per heavy atom. The molecule has 0 aliphatic rings. The summed E-state index contributed by atoms with van der Waals surface area (Å²) in [6.07, 6.45) is 1.62. The van der Waals surface area contributed by atoms with Crippen molar-refractivity contribution in [2.75, 3.05) is 32.1 Å². The summed E-state index contributed by atoms with van der Waals surface area (Å²) < 4.78 is 0. The third-order valence-corrected chi connectivity index (χ3v) is 3.71. The smallest absolute Gasteiger partial charge is 0.169 e. The molecule has 1 aromatic heterocycles. The van der Waals surface area contributed by atoms with Crippen molar-refractivity contribution in [2.24, 2.45) is 0 Å². The molecule has 0 saturated heterocycles. The van der Waals surface area contributed by atoms with Crippen molar-refractivity contribution in [3.63, 3.8) is 0 Å². The first-order valence-corrected chi connectivity index (χ1v) is 7.69. The highest BCUT2D eigenvalue weighted by molar-refractivity contribution is 5.58. The highest BCUT2D eigenvalue weighted by Gasteiger charge is 2.22. The zero-order chi connectivity index (χ0) is 16.0. The maximum absolute atomic E-state index is 9.60. The molecule has 1 rings (SSSR count). The standard InChI is InChI=1S/C16H27N5/c1-7-13-14(10-17)16(19-18-15(13)8-2)21(9-3)12(4)11-20(5)6/h12H,7-9,11H2,1-6H3. The quantitative estimate of drug-likeness (QED) is 0.770. The van der Waals surface area contributed by atoms with Crippen molar-refractivity contribution in [2.45, 2.75) is 46.6 Å². The molecule has 21 heavy (non-hydrogen) atoms. The van der Waals surface area contributed by atoms with Gasteiger partial charge in [-0.1, -0.05) is 13.8 Å². The summed E-state index contributed by atoms with van der Waals surface area (Å²) in [5.74, 6) is 0.725. The normalized spacial score (nSPS) is 12.3.